The zero-order chi connectivity index (χ0) is 18.9. The number of amides is 1. The lowest BCUT2D eigenvalue weighted by molar-refractivity contribution is -0.123. The smallest absolute Gasteiger partial charge is 0.255 e. The fraction of sp³-hybridized carbons (Fsp3) is 0.600. The maximum Gasteiger partial charge on any atom is 0.255 e. The minimum Gasteiger partial charge on any atom is -0.375 e. The van der Waals surface area contributed by atoms with Crippen molar-refractivity contribution in [2.24, 2.45) is 5.92 Å². The van der Waals surface area contributed by atoms with Crippen LogP contribution < -0.4 is 0 Å². The molecule has 7 nitrogen and oxygen atoms in total. The lowest BCUT2D eigenvalue weighted by Crippen LogP contribution is -2.51. The van der Waals surface area contributed by atoms with Crippen molar-refractivity contribution in [3.8, 4) is 0 Å². The van der Waals surface area contributed by atoms with Gasteiger partial charge < -0.3 is 14.2 Å². The molecular formula is C20H26N4O3. The van der Waals surface area contributed by atoms with Gasteiger partial charge in [-0.05, 0) is 50.2 Å². The Hall–Kier alpha value is -2.28. The van der Waals surface area contributed by atoms with E-state index in [0.29, 0.717) is 17.4 Å². The average molecular weight is 370 g/mol. The topological polar surface area (TPSA) is 81.4 Å². The summed E-state index contributed by atoms with van der Waals surface area (Å²) >= 11 is 0. The first kappa shape index (κ1) is 18.1. The van der Waals surface area contributed by atoms with Crippen molar-refractivity contribution in [3.63, 3.8) is 0 Å². The minimum atomic E-state index is -0.122. The quantitative estimate of drug-likeness (QED) is 0.826. The second-order valence-electron chi connectivity index (χ2n) is 7.87. The van der Waals surface area contributed by atoms with Crippen molar-refractivity contribution in [2.45, 2.75) is 51.6 Å². The van der Waals surface area contributed by atoms with E-state index < -0.39 is 0 Å². The Bertz CT molecular complexity index is 811. The number of nitrogens with zero attached hydrogens (tertiary/aromatic N) is 4. The number of aryl methyl sites for hydroxylation is 2. The molecule has 0 saturated carbocycles. The van der Waals surface area contributed by atoms with E-state index in [-0.39, 0.29) is 11.5 Å². The Labute approximate surface area is 159 Å². The second-order valence-corrected chi connectivity index (χ2v) is 7.87. The molecule has 2 aromatic heterocycles. The zero-order valence-electron chi connectivity index (χ0n) is 16.0. The van der Waals surface area contributed by atoms with Gasteiger partial charge in [0.2, 0.25) is 5.89 Å². The van der Waals surface area contributed by atoms with Crippen molar-refractivity contribution in [1.29, 1.82) is 0 Å². The van der Waals surface area contributed by atoms with Crippen LogP contribution in [0.15, 0.2) is 23.0 Å². The molecule has 1 amide bonds. The molecule has 7 heteroatoms. The summed E-state index contributed by atoms with van der Waals surface area (Å²) in [5.41, 5.74) is 1.55. The number of carbonyl (C=O) groups is 1. The van der Waals surface area contributed by atoms with Crippen LogP contribution in [0.1, 0.15) is 53.3 Å². The number of hydrogen-bond acceptors (Lipinski definition) is 6. The standard InChI is InChI=1S/C20H26N4O3/c1-14-9-17(13-21-12-14)19(25)24-6-4-20(5-7-24)11-16(3-8-26-20)10-18-22-15(2)27-23-18/h9,12-13,16H,3-8,10-11H2,1-2H3. The first-order valence-corrected chi connectivity index (χ1v) is 9.67. The number of hydrogen-bond donors (Lipinski definition) is 0. The number of aromatic nitrogens is 3. The average Bonchev–Trinajstić information content (AvgIpc) is 3.07. The lowest BCUT2D eigenvalue weighted by Gasteiger charge is -2.46. The predicted octanol–water partition coefficient (Wildman–Crippen LogP) is 2.73. The number of rotatable bonds is 3. The highest BCUT2D eigenvalue weighted by Gasteiger charge is 2.41. The van der Waals surface area contributed by atoms with Crippen molar-refractivity contribution in [1.82, 2.24) is 20.0 Å². The molecule has 2 aliphatic rings. The summed E-state index contributed by atoms with van der Waals surface area (Å²) in [5.74, 6) is 1.97. The van der Waals surface area contributed by atoms with Crippen LogP contribution in [0.25, 0.3) is 0 Å². The summed E-state index contributed by atoms with van der Waals surface area (Å²) in [7, 11) is 0. The van der Waals surface area contributed by atoms with Gasteiger partial charge in [-0.2, -0.15) is 4.98 Å². The Morgan fingerprint density at radius 1 is 1.30 bits per heavy atom. The molecule has 0 aromatic carbocycles. The minimum absolute atomic E-state index is 0.0654. The molecule has 2 saturated heterocycles. The van der Waals surface area contributed by atoms with E-state index >= 15 is 0 Å². The van der Waals surface area contributed by atoms with Gasteiger partial charge in [0.05, 0.1) is 11.2 Å². The molecule has 4 heterocycles. The second kappa shape index (κ2) is 7.38. The van der Waals surface area contributed by atoms with E-state index in [1.807, 2.05) is 24.8 Å². The van der Waals surface area contributed by atoms with Crippen LogP contribution >= 0.6 is 0 Å². The highest BCUT2D eigenvalue weighted by molar-refractivity contribution is 5.94. The Morgan fingerprint density at radius 2 is 2.11 bits per heavy atom. The van der Waals surface area contributed by atoms with Gasteiger partial charge in [0.15, 0.2) is 5.82 Å². The van der Waals surface area contributed by atoms with Gasteiger partial charge in [0, 0.05) is 45.4 Å². The molecule has 4 rings (SSSR count). The van der Waals surface area contributed by atoms with Crippen LogP contribution in [0.5, 0.6) is 0 Å². The zero-order valence-corrected chi connectivity index (χ0v) is 16.0. The van der Waals surface area contributed by atoms with Gasteiger partial charge in [0.1, 0.15) is 0 Å². The van der Waals surface area contributed by atoms with E-state index in [4.69, 9.17) is 9.26 Å². The van der Waals surface area contributed by atoms with E-state index in [0.717, 1.165) is 63.2 Å². The summed E-state index contributed by atoms with van der Waals surface area (Å²) in [6.07, 6.45) is 8.02. The monoisotopic (exact) mass is 370 g/mol. The normalized spacial score (nSPS) is 22.1. The first-order chi connectivity index (χ1) is 13.0. The van der Waals surface area contributed by atoms with Crippen LogP contribution in [-0.4, -0.2) is 51.2 Å². The Balaban J connectivity index is 1.36. The summed E-state index contributed by atoms with van der Waals surface area (Å²) in [6, 6.07) is 1.90. The van der Waals surface area contributed by atoms with Crippen LogP contribution in [-0.2, 0) is 11.2 Å². The van der Waals surface area contributed by atoms with Gasteiger partial charge in [-0.25, -0.2) is 0 Å². The largest absolute Gasteiger partial charge is 0.375 e. The molecule has 27 heavy (non-hydrogen) atoms. The molecule has 0 N–H and O–H groups in total. The molecule has 1 unspecified atom stereocenters. The summed E-state index contributed by atoms with van der Waals surface area (Å²) in [5, 5.41) is 4.03. The molecule has 2 aromatic rings. The van der Waals surface area contributed by atoms with Crippen LogP contribution in [0.3, 0.4) is 0 Å². The van der Waals surface area contributed by atoms with E-state index in [9.17, 15) is 4.79 Å². The molecule has 0 radical (unpaired) electrons. The number of carbonyl (C=O) groups excluding carboxylic acids is 1. The number of pyridine rings is 1. The molecule has 1 spiro atoms. The first-order valence-electron chi connectivity index (χ1n) is 9.67. The lowest BCUT2D eigenvalue weighted by atomic mass is 9.78. The predicted molar refractivity (Wildman–Crippen MR) is 98.3 cm³/mol. The fourth-order valence-electron chi connectivity index (χ4n) is 4.31. The summed E-state index contributed by atoms with van der Waals surface area (Å²) in [6.45, 7) is 5.98. The maximum absolute atomic E-state index is 12.7. The van der Waals surface area contributed by atoms with Gasteiger partial charge in [0.25, 0.3) is 5.91 Å². The summed E-state index contributed by atoms with van der Waals surface area (Å²) in [4.78, 5) is 23.2. The maximum atomic E-state index is 12.7. The third kappa shape index (κ3) is 4.03. The molecule has 0 bridgehead atoms. The van der Waals surface area contributed by atoms with E-state index in [1.165, 1.54) is 0 Å². The molecule has 144 valence electrons. The SMILES string of the molecule is Cc1cncc(C(=O)N2CCC3(CC2)CC(Cc2noc(C)n2)CCO3)c1. The van der Waals surface area contributed by atoms with Gasteiger partial charge >= 0.3 is 0 Å². The number of ether oxygens (including phenoxy) is 1. The van der Waals surface area contributed by atoms with Gasteiger partial charge in [-0.1, -0.05) is 5.16 Å². The summed E-state index contributed by atoms with van der Waals surface area (Å²) < 4.78 is 11.3. The van der Waals surface area contributed by atoms with Gasteiger partial charge in [-0.15, -0.1) is 0 Å². The van der Waals surface area contributed by atoms with Crippen LogP contribution in [0.4, 0.5) is 0 Å². The van der Waals surface area contributed by atoms with Gasteiger partial charge in [-0.3, -0.25) is 9.78 Å². The van der Waals surface area contributed by atoms with Crippen molar-refractivity contribution in [3.05, 3.63) is 41.3 Å². The molecule has 2 fully saturated rings. The van der Waals surface area contributed by atoms with Crippen molar-refractivity contribution < 1.29 is 14.1 Å². The third-order valence-electron chi connectivity index (χ3n) is 5.72. The van der Waals surface area contributed by atoms with Crippen molar-refractivity contribution in [2.75, 3.05) is 19.7 Å². The van der Waals surface area contributed by atoms with Crippen LogP contribution in [0.2, 0.25) is 0 Å². The molecular weight excluding hydrogens is 344 g/mol. The highest BCUT2D eigenvalue weighted by atomic mass is 16.5. The molecule has 0 aliphatic carbocycles. The number of likely N-dealkylation sites (tertiary alicyclic amines) is 1. The molecule has 2 aliphatic heterocycles. The van der Waals surface area contributed by atoms with Crippen LogP contribution in [0, 0.1) is 19.8 Å². The molecule has 1 atom stereocenters. The fourth-order valence-corrected chi connectivity index (χ4v) is 4.31. The third-order valence-corrected chi connectivity index (χ3v) is 5.72. The van der Waals surface area contributed by atoms with E-state index in [2.05, 4.69) is 15.1 Å². The number of piperidine rings is 1. The van der Waals surface area contributed by atoms with E-state index in [1.54, 1.807) is 12.4 Å². The van der Waals surface area contributed by atoms with Crippen molar-refractivity contribution >= 4 is 5.91 Å². The Morgan fingerprint density at radius 3 is 2.81 bits per heavy atom. The Kier molecular flexibility index (Phi) is 4.95. The highest BCUT2D eigenvalue weighted by Crippen LogP contribution is 2.38.